The Bertz CT molecular complexity index is 394. The monoisotopic (exact) mass is 311 g/mol. The first kappa shape index (κ1) is 17.2. The van der Waals surface area contributed by atoms with Crippen molar-refractivity contribution in [2.75, 3.05) is 13.1 Å². The Labute approximate surface area is 132 Å². The van der Waals surface area contributed by atoms with E-state index in [2.05, 4.69) is 10.6 Å². The Hall–Kier alpha value is -1.14. The lowest BCUT2D eigenvalue weighted by Gasteiger charge is -2.37. The molecule has 126 valence electrons. The molecule has 0 spiro atoms. The summed E-state index contributed by atoms with van der Waals surface area (Å²) in [7, 11) is 0. The molecule has 4 N–H and O–H groups in total. The number of nitrogens with one attached hydrogen (secondary N) is 2. The van der Waals surface area contributed by atoms with E-state index in [9.17, 15) is 9.59 Å². The predicted molar refractivity (Wildman–Crippen MR) is 84.2 cm³/mol. The van der Waals surface area contributed by atoms with E-state index in [1.54, 1.807) is 0 Å². The van der Waals surface area contributed by atoms with Crippen molar-refractivity contribution in [2.45, 2.75) is 76.0 Å². The molecule has 1 heterocycles. The van der Waals surface area contributed by atoms with Crippen LogP contribution in [-0.2, 0) is 14.3 Å². The predicted octanol–water partition coefficient (Wildman–Crippen LogP) is 0.838. The molecule has 0 aromatic heterocycles. The molecule has 2 fully saturated rings. The average molecular weight is 311 g/mol. The summed E-state index contributed by atoms with van der Waals surface area (Å²) >= 11 is 0. The van der Waals surface area contributed by atoms with Crippen LogP contribution in [0.15, 0.2) is 0 Å². The van der Waals surface area contributed by atoms with Crippen LogP contribution < -0.4 is 16.4 Å². The van der Waals surface area contributed by atoms with E-state index in [0.717, 1.165) is 32.1 Å². The Morgan fingerprint density at radius 2 is 1.95 bits per heavy atom. The van der Waals surface area contributed by atoms with Crippen LogP contribution in [0, 0.1) is 0 Å². The summed E-state index contributed by atoms with van der Waals surface area (Å²) in [6, 6.07) is 0. The van der Waals surface area contributed by atoms with Crippen molar-refractivity contribution < 1.29 is 14.3 Å². The minimum absolute atomic E-state index is 0.0352. The first-order chi connectivity index (χ1) is 10.6. The molecule has 6 heteroatoms. The summed E-state index contributed by atoms with van der Waals surface area (Å²) in [5.74, 6) is -0.208. The van der Waals surface area contributed by atoms with Crippen molar-refractivity contribution in [3.8, 4) is 0 Å². The smallest absolute Gasteiger partial charge is 0.250 e. The Kier molecular flexibility index (Phi) is 6.20. The fraction of sp³-hybridized carbons (Fsp3) is 0.875. The topological polar surface area (TPSA) is 93.5 Å². The Balaban J connectivity index is 2.00. The molecule has 2 rings (SSSR count). The van der Waals surface area contributed by atoms with Crippen molar-refractivity contribution >= 4 is 11.8 Å². The van der Waals surface area contributed by atoms with Crippen LogP contribution in [-0.4, -0.2) is 42.7 Å². The summed E-state index contributed by atoms with van der Waals surface area (Å²) in [6.45, 7) is 3.10. The van der Waals surface area contributed by atoms with Gasteiger partial charge in [0.25, 0.3) is 0 Å². The highest BCUT2D eigenvalue weighted by atomic mass is 16.5. The van der Waals surface area contributed by atoms with Gasteiger partial charge in [0.1, 0.15) is 11.6 Å². The van der Waals surface area contributed by atoms with E-state index in [4.69, 9.17) is 10.5 Å². The molecule has 1 saturated heterocycles. The minimum atomic E-state index is -0.755. The van der Waals surface area contributed by atoms with Gasteiger partial charge >= 0.3 is 0 Å². The van der Waals surface area contributed by atoms with E-state index in [1.807, 2.05) is 6.92 Å². The third-order valence-corrected chi connectivity index (χ3v) is 4.70. The molecule has 0 unspecified atom stereocenters. The minimum Gasteiger partial charge on any atom is -0.364 e. The standard InChI is InChI=1S/C16H29N3O3/c1-2-10-18-15(21)16(8-4-3-5-9-16)19-14(20)13-7-6-12(11-17)22-13/h12-13H,2-11,17H2,1H3,(H,18,21)(H,19,20)/t12-,13+/m1/s1. The van der Waals surface area contributed by atoms with Crippen LogP contribution >= 0.6 is 0 Å². The van der Waals surface area contributed by atoms with E-state index >= 15 is 0 Å². The summed E-state index contributed by atoms with van der Waals surface area (Å²) in [5, 5.41) is 5.96. The molecule has 1 saturated carbocycles. The maximum atomic E-state index is 12.6. The maximum Gasteiger partial charge on any atom is 0.250 e. The van der Waals surface area contributed by atoms with Crippen LogP contribution in [0.2, 0.25) is 0 Å². The number of amides is 2. The van der Waals surface area contributed by atoms with E-state index in [1.165, 1.54) is 0 Å². The fourth-order valence-corrected chi connectivity index (χ4v) is 3.36. The number of nitrogens with two attached hydrogens (primary N) is 1. The Morgan fingerprint density at radius 1 is 1.23 bits per heavy atom. The summed E-state index contributed by atoms with van der Waals surface area (Å²) in [5.41, 5.74) is 4.83. The third kappa shape index (κ3) is 3.98. The van der Waals surface area contributed by atoms with Gasteiger partial charge in [0.2, 0.25) is 11.8 Å². The molecule has 2 amide bonds. The van der Waals surface area contributed by atoms with Crippen LogP contribution in [0.1, 0.15) is 58.3 Å². The molecule has 1 aliphatic carbocycles. The van der Waals surface area contributed by atoms with Gasteiger partial charge in [0.15, 0.2) is 0 Å². The number of ether oxygens (including phenoxy) is 1. The number of hydrogen-bond donors (Lipinski definition) is 3. The quantitative estimate of drug-likeness (QED) is 0.677. The molecule has 0 bridgehead atoms. The highest BCUT2D eigenvalue weighted by molar-refractivity contribution is 5.93. The normalized spacial score (nSPS) is 27.4. The molecule has 0 aromatic carbocycles. The van der Waals surface area contributed by atoms with Crippen molar-refractivity contribution in [1.82, 2.24) is 10.6 Å². The van der Waals surface area contributed by atoms with Crippen LogP contribution in [0.3, 0.4) is 0 Å². The van der Waals surface area contributed by atoms with E-state index in [-0.39, 0.29) is 17.9 Å². The highest BCUT2D eigenvalue weighted by Crippen LogP contribution is 2.29. The zero-order chi connectivity index (χ0) is 16.0. The molecule has 0 radical (unpaired) electrons. The zero-order valence-corrected chi connectivity index (χ0v) is 13.5. The molecule has 6 nitrogen and oxygen atoms in total. The Morgan fingerprint density at radius 3 is 2.55 bits per heavy atom. The van der Waals surface area contributed by atoms with E-state index < -0.39 is 11.6 Å². The number of rotatable bonds is 6. The molecule has 1 aliphatic heterocycles. The van der Waals surface area contributed by atoms with Gasteiger partial charge in [-0.2, -0.15) is 0 Å². The second-order valence-electron chi connectivity index (χ2n) is 6.45. The van der Waals surface area contributed by atoms with Gasteiger partial charge in [-0.25, -0.2) is 0 Å². The van der Waals surface area contributed by atoms with Crippen molar-refractivity contribution in [3.63, 3.8) is 0 Å². The van der Waals surface area contributed by atoms with Gasteiger partial charge in [0, 0.05) is 13.1 Å². The van der Waals surface area contributed by atoms with Gasteiger partial charge in [-0.1, -0.05) is 26.2 Å². The molecule has 22 heavy (non-hydrogen) atoms. The first-order valence-corrected chi connectivity index (χ1v) is 8.57. The van der Waals surface area contributed by atoms with Gasteiger partial charge in [0.05, 0.1) is 6.10 Å². The first-order valence-electron chi connectivity index (χ1n) is 8.57. The molecule has 2 atom stereocenters. The molecule has 2 aliphatic rings. The number of carbonyl (C=O) groups is 2. The summed E-state index contributed by atoms with van der Waals surface area (Å²) < 4.78 is 5.65. The SMILES string of the molecule is CCCNC(=O)C1(NC(=O)[C@@H]2CC[C@H](CN)O2)CCCCC1. The molecular weight excluding hydrogens is 282 g/mol. The second-order valence-corrected chi connectivity index (χ2v) is 6.45. The average Bonchev–Trinajstić information content (AvgIpc) is 3.02. The van der Waals surface area contributed by atoms with Gasteiger partial charge in [-0.05, 0) is 32.1 Å². The summed E-state index contributed by atoms with van der Waals surface area (Å²) in [6.07, 6.45) is 6.35. The largest absolute Gasteiger partial charge is 0.364 e. The second kappa shape index (κ2) is 7.92. The van der Waals surface area contributed by atoms with Gasteiger partial charge in [-0.3, -0.25) is 9.59 Å². The lowest BCUT2D eigenvalue weighted by molar-refractivity contribution is -0.140. The van der Waals surface area contributed by atoms with Crippen molar-refractivity contribution in [2.24, 2.45) is 5.73 Å². The van der Waals surface area contributed by atoms with Crippen molar-refractivity contribution in [3.05, 3.63) is 0 Å². The van der Waals surface area contributed by atoms with Gasteiger partial charge in [-0.15, -0.1) is 0 Å². The molecule has 0 aromatic rings. The zero-order valence-electron chi connectivity index (χ0n) is 13.5. The van der Waals surface area contributed by atoms with Crippen LogP contribution in [0.5, 0.6) is 0 Å². The summed E-state index contributed by atoms with van der Waals surface area (Å²) in [4.78, 5) is 25.1. The van der Waals surface area contributed by atoms with E-state index in [0.29, 0.717) is 32.4 Å². The number of carbonyl (C=O) groups excluding carboxylic acids is 2. The highest BCUT2D eigenvalue weighted by Gasteiger charge is 2.42. The van der Waals surface area contributed by atoms with Gasteiger partial charge < -0.3 is 21.1 Å². The van der Waals surface area contributed by atoms with Crippen LogP contribution in [0.4, 0.5) is 0 Å². The van der Waals surface area contributed by atoms with Crippen LogP contribution in [0.25, 0.3) is 0 Å². The lowest BCUT2D eigenvalue weighted by atomic mass is 9.80. The lowest BCUT2D eigenvalue weighted by Crippen LogP contribution is -2.61. The fourth-order valence-electron chi connectivity index (χ4n) is 3.36. The maximum absolute atomic E-state index is 12.6. The van der Waals surface area contributed by atoms with Crippen molar-refractivity contribution in [1.29, 1.82) is 0 Å². The number of hydrogen-bond acceptors (Lipinski definition) is 4. The molecular formula is C16H29N3O3. The third-order valence-electron chi connectivity index (χ3n) is 4.70.